The SMILES string of the molecule is CCCCC(=O)SC[C@H]1O[C@@H](n2cnc3c(N)ncnc32)[C@H](O)[C@@H]1O. The Bertz CT molecular complexity index is 755. The molecule has 2 aromatic heterocycles. The highest BCUT2D eigenvalue weighted by molar-refractivity contribution is 8.13. The molecule has 0 aromatic carbocycles. The Hall–Kier alpha value is -1.75. The van der Waals surface area contributed by atoms with E-state index in [4.69, 9.17) is 10.5 Å². The van der Waals surface area contributed by atoms with Crippen molar-refractivity contribution in [1.82, 2.24) is 19.5 Å². The summed E-state index contributed by atoms with van der Waals surface area (Å²) in [5, 5.41) is 20.7. The first kappa shape index (κ1) is 18.1. The number of carbonyl (C=O) groups is 1. The van der Waals surface area contributed by atoms with Crippen LogP contribution in [0.2, 0.25) is 0 Å². The van der Waals surface area contributed by atoms with Gasteiger partial charge >= 0.3 is 0 Å². The molecule has 4 N–H and O–H groups in total. The van der Waals surface area contributed by atoms with E-state index in [9.17, 15) is 15.0 Å². The van der Waals surface area contributed by atoms with Gasteiger partial charge in [0.15, 0.2) is 22.8 Å². The number of anilines is 1. The van der Waals surface area contributed by atoms with Gasteiger partial charge in [0.05, 0.1) is 12.4 Å². The summed E-state index contributed by atoms with van der Waals surface area (Å²) in [5.74, 6) is 0.506. The molecule has 9 nitrogen and oxygen atoms in total. The van der Waals surface area contributed by atoms with Gasteiger partial charge in [-0.25, -0.2) is 15.0 Å². The van der Waals surface area contributed by atoms with Crippen molar-refractivity contribution in [3.63, 3.8) is 0 Å². The predicted octanol–water partition coefficient (Wildman–Crippen LogP) is 0.478. The molecule has 0 amide bonds. The number of carbonyl (C=O) groups excluding carboxylic acids is 1. The molecule has 136 valence electrons. The molecule has 0 unspecified atom stereocenters. The molecular formula is C15H21N5O4S. The van der Waals surface area contributed by atoms with Crippen LogP contribution in [0.5, 0.6) is 0 Å². The van der Waals surface area contributed by atoms with Crippen molar-refractivity contribution in [3.8, 4) is 0 Å². The molecule has 3 rings (SSSR count). The number of aliphatic hydroxyl groups excluding tert-OH is 2. The van der Waals surface area contributed by atoms with E-state index in [0.717, 1.165) is 24.6 Å². The Morgan fingerprint density at radius 3 is 2.92 bits per heavy atom. The second-order valence-electron chi connectivity index (χ2n) is 5.92. The zero-order valence-corrected chi connectivity index (χ0v) is 14.6. The number of hydrogen-bond donors (Lipinski definition) is 3. The quantitative estimate of drug-likeness (QED) is 0.665. The van der Waals surface area contributed by atoms with Crippen LogP contribution in [0.15, 0.2) is 12.7 Å². The summed E-state index contributed by atoms with van der Waals surface area (Å²) < 4.78 is 7.30. The highest BCUT2D eigenvalue weighted by Gasteiger charge is 2.44. The molecule has 25 heavy (non-hydrogen) atoms. The number of ether oxygens (including phenoxy) is 1. The highest BCUT2D eigenvalue weighted by Crippen LogP contribution is 2.33. The molecule has 1 aliphatic rings. The van der Waals surface area contributed by atoms with E-state index in [1.54, 1.807) is 0 Å². The number of nitrogen functional groups attached to an aromatic ring is 1. The van der Waals surface area contributed by atoms with Crippen molar-refractivity contribution in [2.75, 3.05) is 11.5 Å². The minimum Gasteiger partial charge on any atom is -0.387 e. The average Bonchev–Trinajstić information content (AvgIpc) is 3.15. The number of imidazole rings is 1. The molecule has 4 atom stereocenters. The van der Waals surface area contributed by atoms with E-state index in [1.807, 2.05) is 6.92 Å². The number of unbranched alkanes of at least 4 members (excludes halogenated alkanes) is 1. The number of fused-ring (bicyclic) bond motifs is 1. The van der Waals surface area contributed by atoms with Gasteiger partial charge in [-0.3, -0.25) is 9.36 Å². The van der Waals surface area contributed by atoms with Gasteiger partial charge in [0.2, 0.25) is 0 Å². The van der Waals surface area contributed by atoms with E-state index in [0.29, 0.717) is 17.6 Å². The third-order valence-electron chi connectivity index (χ3n) is 4.14. The smallest absolute Gasteiger partial charge is 0.189 e. The lowest BCUT2D eigenvalue weighted by atomic mass is 10.1. The van der Waals surface area contributed by atoms with Crippen molar-refractivity contribution in [2.24, 2.45) is 0 Å². The fourth-order valence-corrected chi connectivity index (χ4v) is 3.64. The number of nitrogens with two attached hydrogens (primary N) is 1. The molecule has 10 heteroatoms. The maximum absolute atomic E-state index is 11.8. The van der Waals surface area contributed by atoms with E-state index in [1.165, 1.54) is 17.2 Å². The van der Waals surface area contributed by atoms with Crippen LogP contribution < -0.4 is 5.73 Å². The molecule has 0 bridgehead atoms. The molecule has 1 fully saturated rings. The Labute approximate surface area is 148 Å². The fraction of sp³-hybridized carbons (Fsp3) is 0.600. The lowest BCUT2D eigenvalue weighted by Gasteiger charge is -2.16. The van der Waals surface area contributed by atoms with Gasteiger partial charge in [0.25, 0.3) is 0 Å². The highest BCUT2D eigenvalue weighted by atomic mass is 32.2. The van der Waals surface area contributed by atoms with Crippen LogP contribution in [0.1, 0.15) is 32.4 Å². The van der Waals surface area contributed by atoms with Gasteiger partial charge in [0, 0.05) is 12.2 Å². The van der Waals surface area contributed by atoms with Crippen LogP contribution in [-0.4, -0.2) is 58.9 Å². The standard InChI is InChI=1S/C15H21N5O4S/c1-2-3-4-9(21)25-5-8-11(22)12(23)15(24-8)20-7-19-10-13(16)17-6-18-14(10)20/h6-8,11-12,15,22-23H,2-5H2,1H3,(H2,16,17,18)/t8-,11-,12-,15-/m1/s1. The monoisotopic (exact) mass is 367 g/mol. The summed E-state index contributed by atoms with van der Waals surface area (Å²) in [7, 11) is 0. The topological polar surface area (TPSA) is 136 Å². The van der Waals surface area contributed by atoms with Crippen LogP contribution in [0.3, 0.4) is 0 Å². The molecule has 0 aliphatic carbocycles. The van der Waals surface area contributed by atoms with Gasteiger partial charge in [-0.05, 0) is 6.42 Å². The summed E-state index contributed by atoms with van der Waals surface area (Å²) in [5.41, 5.74) is 6.57. The van der Waals surface area contributed by atoms with E-state index >= 15 is 0 Å². The van der Waals surface area contributed by atoms with Gasteiger partial charge in [0.1, 0.15) is 24.1 Å². The first-order chi connectivity index (χ1) is 12.0. The summed E-state index contributed by atoms with van der Waals surface area (Å²) in [6.07, 6.45) is 1.25. The van der Waals surface area contributed by atoms with Crippen LogP contribution >= 0.6 is 11.8 Å². The normalized spacial score (nSPS) is 26.4. The van der Waals surface area contributed by atoms with Crippen molar-refractivity contribution in [2.45, 2.75) is 50.7 Å². The Morgan fingerprint density at radius 1 is 1.36 bits per heavy atom. The minimum atomic E-state index is -1.16. The maximum Gasteiger partial charge on any atom is 0.189 e. The van der Waals surface area contributed by atoms with E-state index in [2.05, 4.69) is 15.0 Å². The molecule has 0 radical (unpaired) electrons. The van der Waals surface area contributed by atoms with Crippen molar-refractivity contribution < 1.29 is 19.7 Å². The third kappa shape index (κ3) is 3.61. The van der Waals surface area contributed by atoms with Crippen molar-refractivity contribution in [1.29, 1.82) is 0 Å². The lowest BCUT2D eigenvalue weighted by Crippen LogP contribution is -2.32. The largest absolute Gasteiger partial charge is 0.387 e. The number of rotatable bonds is 6. The van der Waals surface area contributed by atoms with E-state index < -0.39 is 24.5 Å². The third-order valence-corrected chi connectivity index (χ3v) is 5.16. The molecule has 0 spiro atoms. The lowest BCUT2D eigenvalue weighted by molar-refractivity contribution is -0.111. The zero-order valence-electron chi connectivity index (χ0n) is 13.8. The second-order valence-corrected chi connectivity index (χ2v) is 6.99. The molecule has 2 aromatic rings. The van der Waals surface area contributed by atoms with Crippen molar-refractivity contribution in [3.05, 3.63) is 12.7 Å². The van der Waals surface area contributed by atoms with Gasteiger partial charge < -0.3 is 20.7 Å². The Kier molecular flexibility index (Phi) is 5.52. The van der Waals surface area contributed by atoms with Gasteiger partial charge in [-0.1, -0.05) is 25.1 Å². The van der Waals surface area contributed by atoms with Crippen molar-refractivity contribution >= 4 is 33.9 Å². The number of thioether (sulfide) groups is 1. The number of aromatic nitrogens is 4. The Balaban J connectivity index is 1.71. The molecule has 0 saturated carbocycles. The second kappa shape index (κ2) is 7.65. The summed E-state index contributed by atoms with van der Waals surface area (Å²) in [6, 6.07) is 0. The summed E-state index contributed by atoms with van der Waals surface area (Å²) >= 11 is 1.12. The first-order valence-corrected chi connectivity index (χ1v) is 9.11. The molecule has 1 saturated heterocycles. The zero-order chi connectivity index (χ0) is 18.0. The minimum absolute atomic E-state index is 0.0594. The van der Waals surface area contributed by atoms with E-state index in [-0.39, 0.29) is 16.7 Å². The molecule has 3 heterocycles. The van der Waals surface area contributed by atoms with Gasteiger partial charge in [-0.2, -0.15) is 0 Å². The van der Waals surface area contributed by atoms with Crippen LogP contribution in [-0.2, 0) is 9.53 Å². The molecule has 1 aliphatic heterocycles. The van der Waals surface area contributed by atoms with Crippen LogP contribution in [0, 0.1) is 0 Å². The Morgan fingerprint density at radius 2 is 2.16 bits per heavy atom. The average molecular weight is 367 g/mol. The predicted molar refractivity (Wildman–Crippen MR) is 92.6 cm³/mol. The van der Waals surface area contributed by atoms with Crippen LogP contribution in [0.4, 0.5) is 5.82 Å². The number of hydrogen-bond acceptors (Lipinski definition) is 9. The first-order valence-electron chi connectivity index (χ1n) is 8.13. The number of nitrogens with zero attached hydrogens (tertiary/aromatic N) is 4. The summed E-state index contributed by atoms with van der Waals surface area (Å²) in [6.45, 7) is 2.02. The van der Waals surface area contributed by atoms with Crippen LogP contribution in [0.25, 0.3) is 11.2 Å². The van der Waals surface area contributed by atoms with Gasteiger partial charge in [-0.15, -0.1) is 0 Å². The molecular weight excluding hydrogens is 346 g/mol. The fourth-order valence-electron chi connectivity index (χ4n) is 2.72. The number of aliphatic hydroxyl groups is 2. The summed E-state index contributed by atoms with van der Waals surface area (Å²) in [4.78, 5) is 23.9. The maximum atomic E-state index is 11.8.